The van der Waals surface area contributed by atoms with Crippen LogP contribution in [0.25, 0.3) is 12.2 Å². The van der Waals surface area contributed by atoms with Crippen LogP contribution < -0.4 is 16.3 Å². The summed E-state index contributed by atoms with van der Waals surface area (Å²) in [4.78, 5) is 15.0. The molecule has 2 rings (SSSR count). The molecule has 1 aliphatic carbocycles. The van der Waals surface area contributed by atoms with Gasteiger partial charge in [-0.1, -0.05) is 25.5 Å². The number of carbonyl (C=O) groups excluding carboxylic acids is 1. The number of carbonyl (C=O) groups is 1. The van der Waals surface area contributed by atoms with Gasteiger partial charge in [-0.3, -0.25) is 4.79 Å². The number of aromatic nitrogens is 1. The lowest BCUT2D eigenvalue weighted by Crippen LogP contribution is -2.25. The summed E-state index contributed by atoms with van der Waals surface area (Å²) < 4.78 is 0. The van der Waals surface area contributed by atoms with Gasteiger partial charge in [-0.25, -0.2) is 0 Å². The minimum atomic E-state index is 0.313. The minimum absolute atomic E-state index is 0.313. The fourth-order valence-corrected chi connectivity index (χ4v) is 2.16. The van der Waals surface area contributed by atoms with Crippen molar-refractivity contribution in [2.24, 2.45) is 5.73 Å². The van der Waals surface area contributed by atoms with E-state index in [1.54, 1.807) is 0 Å². The molecule has 3 N–H and O–H groups in total. The summed E-state index contributed by atoms with van der Waals surface area (Å²) in [6, 6.07) is 0. The van der Waals surface area contributed by atoms with Crippen LogP contribution in [0.3, 0.4) is 0 Å². The Morgan fingerprint density at radius 3 is 3.06 bits per heavy atom. The van der Waals surface area contributed by atoms with Crippen molar-refractivity contribution < 1.29 is 4.79 Å². The Morgan fingerprint density at radius 2 is 2.28 bits per heavy atom. The quantitative estimate of drug-likeness (QED) is 0.815. The van der Waals surface area contributed by atoms with Crippen LogP contribution in [0.1, 0.15) is 38.2 Å². The maximum atomic E-state index is 11.8. The number of nitrogens with two attached hydrogens (primary N) is 1. The van der Waals surface area contributed by atoms with Gasteiger partial charge < -0.3 is 10.7 Å². The third kappa shape index (κ3) is 2.92. The number of fused-ring (bicyclic) bond motifs is 1. The fraction of sp³-hybridized carbons (Fsp3) is 0.400. The minimum Gasteiger partial charge on any atom is -0.402 e. The second kappa shape index (κ2) is 5.71. The number of aromatic amines is 1. The molecule has 1 aromatic rings. The molecule has 0 saturated carbocycles. The molecule has 0 fully saturated rings. The van der Waals surface area contributed by atoms with Crippen LogP contribution in [0.5, 0.6) is 0 Å². The summed E-state index contributed by atoms with van der Waals surface area (Å²) in [7, 11) is 0. The molecule has 0 amide bonds. The highest BCUT2D eigenvalue weighted by molar-refractivity contribution is 5.81. The number of ketones is 1. The predicted octanol–water partition coefficient (Wildman–Crippen LogP) is 1.12. The van der Waals surface area contributed by atoms with E-state index >= 15 is 0 Å². The van der Waals surface area contributed by atoms with Crippen molar-refractivity contribution in [1.29, 1.82) is 0 Å². The van der Waals surface area contributed by atoms with Gasteiger partial charge in [0, 0.05) is 41.7 Å². The first-order chi connectivity index (χ1) is 8.70. The molecule has 1 aliphatic rings. The zero-order valence-corrected chi connectivity index (χ0v) is 10.8. The molecule has 1 aromatic heterocycles. The second-order valence-electron chi connectivity index (χ2n) is 4.78. The van der Waals surface area contributed by atoms with E-state index in [9.17, 15) is 4.79 Å². The number of allylic oxidation sites excluding steroid dienone is 2. The van der Waals surface area contributed by atoms with Gasteiger partial charge in [0.05, 0.1) is 0 Å². The average Bonchev–Trinajstić information content (AvgIpc) is 2.63. The van der Waals surface area contributed by atoms with Crippen molar-refractivity contribution in [1.82, 2.24) is 4.98 Å². The predicted molar refractivity (Wildman–Crippen MR) is 74.1 cm³/mol. The Kier molecular flexibility index (Phi) is 4.03. The zero-order valence-electron chi connectivity index (χ0n) is 10.8. The first kappa shape index (κ1) is 12.7. The molecule has 0 aliphatic heterocycles. The van der Waals surface area contributed by atoms with E-state index in [-0.39, 0.29) is 0 Å². The Labute approximate surface area is 107 Å². The zero-order chi connectivity index (χ0) is 13.0. The Morgan fingerprint density at radius 1 is 1.44 bits per heavy atom. The summed E-state index contributed by atoms with van der Waals surface area (Å²) >= 11 is 0. The first-order valence-electron chi connectivity index (χ1n) is 6.55. The van der Waals surface area contributed by atoms with Crippen LogP contribution in [-0.2, 0) is 11.2 Å². The molecule has 0 radical (unpaired) electrons. The molecule has 0 aromatic carbocycles. The SMILES string of the molecule is CCCCC(=O)Cc1c[nH]c2c1=CC=C(N)CC=2. The summed E-state index contributed by atoms with van der Waals surface area (Å²) in [6.07, 6.45) is 11.9. The van der Waals surface area contributed by atoms with Crippen LogP contribution in [0.2, 0.25) is 0 Å². The third-order valence-corrected chi connectivity index (χ3v) is 3.24. The van der Waals surface area contributed by atoms with E-state index in [0.29, 0.717) is 18.6 Å². The van der Waals surface area contributed by atoms with Crippen molar-refractivity contribution in [2.75, 3.05) is 0 Å². The van der Waals surface area contributed by atoms with E-state index < -0.39 is 0 Å². The smallest absolute Gasteiger partial charge is 0.137 e. The highest BCUT2D eigenvalue weighted by atomic mass is 16.1. The van der Waals surface area contributed by atoms with Crippen LogP contribution in [-0.4, -0.2) is 10.8 Å². The van der Waals surface area contributed by atoms with Gasteiger partial charge in [0.1, 0.15) is 5.78 Å². The summed E-state index contributed by atoms with van der Waals surface area (Å²) in [5.74, 6) is 0.313. The van der Waals surface area contributed by atoms with Crippen molar-refractivity contribution in [3.8, 4) is 0 Å². The summed E-state index contributed by atoms with van der Waals surface area (Å²) in [6.45, 7) is 2.10. The van der Waals surface area contributed by atoms with Gasteiger partial charge >= 0.3 is 0 Å². The molecular formula is C15H20N2O. The van der Waals surface area contributed by atoms with Crippen LogP contribution in [0.15, 0.2) is 18.0 Å². The molecule has 3 nitrogen and oxygen atoms in total. The van der Waals surface area contributed by atoms with Crippen molar-refractivity contribution in [2.45, 2.75) is 39.0 Å². The van der Waals surface area contributed by atoms with Crippen molar-refractivity contribution >= 4 is 17.9 Å². The number of nitrogens with one attached hydrogen (secondary N) is 1. The number of unbranched alkanes of at least 4 members (excludes halogenated alkanes) is 1. The summed E-state index contributed by atoms with van der Waals surface area (Å²) in [5, 5.41) is 2.19. The van der Waals surface area contributed by atoms with E-state index in [4.69, 9.17) is 5.73 Å². The van der Waals surface area contributed by atoms with E-state index in [2.05, 4.69) is 18.0 Å². The number of H-pyrrole nitrogens is 1. The topological polar surface area (TPSA) is 58.9 Å². The number of Topliss-reactive ketones (excluding diaryl/α,β-unsaturated/α-hetero) is 1. The van der Waals surface area contributed by atoms with Gasteiger partial charge in [-0.05, 0) is 18.1 Å². The summed E-state index contributed by atoms with van der Waals surface area (Å²) in [5.41, 5.74) is 7.74. The molecule has 3 heteroatoms. The lowest BCUT2D eigenvalue weighted by atomic mass is 10.1. The molecule has 0 atom stereocenters. The van der Waals surface area contributed by atoms with Crippen LogP contribution in [0, 0.1) is 0 Å². The maximum Gasteiger partial charge on any atom is 0.137 e. The molecule has 0 bridgehead atoms. The third-order valence-electron chi connectivity index (χ3n) is 3.24. The van der Waals surface area contributed by atoms with Gasteiger partial charge in [-0.2, -0.15) is 0 Å². The van der Waals surface area contributed by atoms with Gasteiger partial charge in [0.2, 0.25) is 0 Å². The molecule has 0 unspecified atom stereocenters. The number of hydrogen-bond acceptors (Lipinski definition) is 2. The molecule has 0 saturated heterocycles. The molecule has 18 heavy (non-hydrogen) atoms. The van der Waals surface area contributed by atoms with Gasteiger partial charge in [0.15, 0.2) is 0 Å². The Hall–Kier alpha value is -1.77. The molecule has 1 heterocycles. The molecular weight excluding hydrogens is 224 g/mol. The van der Waals surface area contributed by atoms with Crippen molar-refractivity contribution in [3.63, 3.8) is 0 Å². The van der Waals surface area contributed by atoms with Crippen LogP contribution >= 0.6 is 0 Å². The highest BCUT2D eigenvalue weighted by Gasteiger charge is 2.07. The highest BCUT2D eigenvalue weighted by Crippen LogP contribution is 2.02. The van der Waals surface area contributed by atoms with E-state index in [1.165, 1.54) is 0 Å². The molecule has 96 valence electrons. The van der Waals surface area contributed by atoms with Gasteiger partial charge in [-0.15, -0.1) is 0 Å². The lowest BCUT2D eigenvalue weighted by Gasteiger charge is -1.97. The lowest BCUT2D eigenvalue weighted by molar-refractivity contribution is -0.118. The van der Waals surface area contributed by atoms with Gasteiger partial charge in [0.25, 0.3) is 0 Å². The standard InChI is InChI=1S/C15H20N2O/c1-2-3-4-13(18)9-11-10-17-15-8-6-12(16)5-7-14(11)15/h5,7-8,10,17H,2-4,6,9,16H2,1H3. The average molecular weight is 244 g/mol. The number of rotatable bonds is 5. The molecule has 0 spiro atoms. The Balaban J connectivity index is 2.22. The second-order valence-corrected chi connectivity index (χ2v) is 4.78. The van der Waals surface area contributed by atoms with E-state index in [1.807, 2.05) is 18.3 Å². The maximum absolute atomic E-state index is 11.8. The largest absolute Gasteiger partial charge is 0.402 e. The first-order valence-corrected chi connectivity index (χ1v) is 6.55. The normalized spacial score (nSPS) is 13.9. The number of hydrogen-bond donors (Lipinski definition) is 2. The Bertz CT molecular complexity index is 578. The monoisotopic (exact) mass is 244 g/mol. The van der Waals surface area contributed by atoms with E-state index in [0.717, 1.165) is 41.1 Å². The van der Waals surface area contributed by atoms with Crippen LogP contribution in [0.4, 0.5) is 0 Å². The fourth-order valence-electron chi connectivity index (χ4n) is 2.16. The van der Waals surface area contributed by atoms with Crippen molar-refractivity contribution in [3.05, 3.63) is 34.1 Å².